The smallest absolute Gasteiger partial charge is 0.340 e. The zero-order valence-corrected chi connectivity index (χ0v) is 20.2. The predicted octanol–water partition coefficient (Wildman–Crippen LogP) is 5.46. The second-order valence-corrected chi connectivity index (χ2v) is 8.17. The molecule has 0 saturated heterocycles. The van der Waals surface area contributed by atoms with Crippen LogP contribution in [-0.2, 0) is 20.9 Å². The van der Waals surface area contributed by atoms with Gasteiger partial charge in [-0.3, -0.25) is 9.69 Å². The van der Waals surface area contributed by atoms with Crippen LogP contribution in [0.15, 0.2) is 89.6 Å². The Kier molecular flexibility index (Phi) is 7.01. The van der Waals surface area contributed by atoms with Gasteiger partial charge in [-0.15, -0.1) is 0 Å². The molecular weight excluding hydrogens is 442 g/mol. The van der Waals surface area contributed by atoms with E-state index in [0.717, 1.165) is 11.1 Å². The molecule has 0 bridgehead atoms. The van der Waals surface area contributed by atoms with Crippen LogP contribution >= 0.6 is 0 Å². The Balaban J connectivity index is 1.68. The van der Waals surface area contributed by atoms with Crippen molar-refractivity contribution in [3.8, 4) is 11.5 Å². The van der Waals surface area contributed by atoms with E-state index in [0.29, 0.717) is 35.1 Å². The Morgan fingerprint density at radius 2 is 1.63 bits per heavy atom. The predicted molar refractivity (Wildman–Crippen MR) is 135 cm³/mol. The molecule has 0 spiro atoms. The van der Waals surface area contributed by atoms with E-state index in [4.69, 9.17) is 14.2 Å². The van der Waals surface area contributed by atoms with Crippen molar-refractivity contribution < 1.29 is 23.8 Å². The number of aryl methyl sites for hydroxylation is 1. The van der Waals surface area contributed by atoms with Gasteiger partial charge in [0.25, 0.3) is 5.91 Å². The average Bonchev–Trinajstić information content (AvgIpc) is 3.12. The van der Waals surface area contributed by atoms with E-state index in [9.17, 15) is 9.59 Å². The first-order valence-corrected chi connectivity index (χ1v) is 11.2. The van der Waals surface area contributed by atoms with Crippen LogP contribution in [-0.4, -0.2) is 26.1 Å². The average molecular weight is 470 g/mol. The zero-order valence-electron chi connectivity index (χ0n) is 20.2. The van der Waals surface area contributed by atoms with Crippen molar-refractivity contribution in [2.75, 3.05) is 19.1 Å². The molecule has 0 radical (unpaired) electrons. The maximum atomic E-state index is 13.5. The molecule has 3 aromatic carbocycles. The first kappa shape index (κ1) is 23.8. The third-order valence-electron chi connectivity index (χ3n) is 5.82. The molecule has 35 heavy (non-hydrogen) atoms. The quantitative estimate of drug-likeness (QED) is 0.340. The number of methoxy groups -OCH3 is 2. The third kappa shape index (κ3) is 4.96. The van der Waals surface area contributed by atoms with E-state index < -0.39 is 5.97 Å². The van der Waals surface area contributed by atoms with Gasteiger partial charge >= 0.3 is 5.97 Å². The number of esters is 1. The van der Waals surface area contributed by atoms with Crippen molar-refractivity contribution in [1.82, 2.24) is 0 Å². The molecule has 178 valence electrons. The van der Waals surface area contributed by atoms with Crippen LogP contribution in [0.3, 0.4) is 0 Å². The van der Waals surface area contributed by atoms with E-state index in [1.807, 2.05) is 67.6 Å². The van der Waals surface area contributed by atoms with Crippen LogP contribution in [0.2, 0.25) is 0 Å². The molecule has 0 unspecified atom stereocenters. The SMILES string of the molecule is COC(=O)C1=C(C)N(c2ccc(C)cc2)C(=O)/C1=C\c1ccc(OCc2ccccc2)c(OC)c1. The van der Waals surface area contributed by atoms with Gasteiger partial charge in [-0.05, 0) is 55.3 Å². The first-order valence-electron chi connectivity index (χ1n) is 11.2. The Morgan fingerprint density at radius 1 is 0.914 bits per heavy atom. The molecule has 6 nitrogen and oxygen atoms in total. The van der Waals surface area contributed by atoms with Crippen molar-refractivity contribution in [2.24, 2.45) is 0 Å². The third-order valence-corrected chi connectivity index (χ3v) is 5.82. The molecule has 0 saturated carbocycles. The summed E-state index contributed by atoms with van der Waals surface area (Å²) < 4.78 is 16.5. The summed E-state index contributed by atoms with van der Waals surface area (Å²) in [5, 5.41) is 0. The Labute approximate surface area is 205 Å². The maximum absolute atomic E-state index is 13.5. The topological polar surface area (TPSA) is 65.1 Å². The summed E-state index contributed by atoms with van der Waals surface area (Å²) in [4.78, 5) is 27.7. The van der Waals surface area contributed by atoms with Crippen LogP contribution < -0.4 is 14.4 Å². The number of benzene rings is 3. The Morgan fingerprint density at radius 3 is 2.29 bits per heavy atom. The number of amides is 1. The van der Waals surface area contributed by atoms with Crippen LogP contribution in [0, 0.1) is 6.92 Å². The van der Waals surface area contributed by atoms with E-state index in [1.54, 1.807) is 32.2 Å². The fraction of sp³-hybridized carbons (Fsp3) is 0.172. The van der Waals surface area contributed by atoms with Crippen LogP contribution in [0.5, 0.6) is 11.5 Å². The van der Waals surface area contributed by atoms with Gasteiger partial charge in [0, 0.05) is 11.4 Å². The fourth-order valence-corrected chi connectivity index (χ4v) is 3.98. The second-order valence-electron chi connectivity index (χ2n) is 8.17. The minimum absolute atomic E-state index is 0.237. The molecule has 4 rings (SSSR count). The molecular formula is C29H27NO5. The molecule has 1 heterocycles. The van der Waals surface area contributed by atoms with Gasteiger partial charge in [0.05, 0.1) is 25.4 Å². The molecule has 0 aromatic heterocycles. The summed E-state index contributed by atoms with van der Waals surface area (Å²) in [6.07, 6.45) is 1.68. The molecule has 0 atom stereocenters. The number of carbonyl (C=O) groups is 2. The summed E-state index contributed by atoms with van der Waals surface area (Å²) >= 11 is 0. The summed E-state index contributed by atoms with van der Waals surface area (Å²) in [5.74, 6) is 0.246. The largest absolute Gasteiger partial charge is 0.493 e. The number of hydrogen-bond acceptors (Lipinski definition) is 5. The van der Waals surface area contributed by atoms with Gasteiger partial charge in [0.15, 0.2) is 11.5 Å². The van der Waals surface area contributed by atoms with E-state index in [2.05, 4.69) is 0 Å². The van der Waals surface area contributed by atoms with E-state index >= 15 is 0 Å². The highest BCUT2D eigenvalue weighted by Crippen LogP contribution is 2.37. The number of ether oxygens (including phenoxy) is 3. The van der Waals surface area contributed by atoms with Crippen LogP contribution in [0.1, 0.15) is 23.6 Å². The summed E-state index contributed by atoms with van der Waals surface area (Å²) in [7, 11) is 2.87. The maximum Gasteiger partial charge on any atom is 0.340 e. The molecule has 0 fully saturated rings. The standard InChI is InChI=1S/C29H27NO5/c1-19-10-13-23(14-11-19)30-20(2)27(29(32)34-4)24(28(30)31)16-22-12-15-25(26(17-22)33-3)35-18-21-8-6-5-7-9-21/h5-17H,18H2,1-4H3/b24-16-. The molecule has 0 N–H and O–H groups in total. The summed E-state index contributed by atoms with van der Waals surface area (Å²) in [5.41, 5.74) is 4.51. The number of anilines is 1. The van der Waals surface area contributed by atoms with Crippen molar-refractivity contribution in [3.63, 3.8) is 0 Å². The second kappa shape index (κ2) is 10.3. The summed E-state index contributed by atoms with van der Waals surface area (Å²) in [6, 6.07) is 22.8. The molecule has 1 aliphatic heterocycles. The van der Waals surface area contributed by atoms with Crippen molar-refractivity contribution in [2.45, 2.75) is 20.5 Å². The number of rotatable bonds is 7. The number of hydrogen-bond donors (Lipinski definition) is 0. The minimum atomic E-state index is -0.563. The summed E-state index contributed by atoms with van der Waals surface area (Å²) in [6.45, 7) is 4.12. The Hall–Kier alpha value is -4.32. The van der Waals surface area contributed by atoms with Gasteiger partial charge in [-0.2, -0.15) is 0 Å². The molecule has 6 heteroatoms. The fourth-order valence-electron chi connectivity index (χ4n) is 3.98. The molecule has 0 aliphatic carbocycles. The molecule has 1 aliphatic rings. The molecule has 3 aromatic rings. The minimum Gasteiger partial charge on any atom is -0.493 e. The van der Waals surface area contributed by atoms with Crippen LogP contribution in [0.25, 0.3) is 6.08 Å². The number of nitrogens with zero attached hydrogens (tertiary/aromatic N) is 1. The van der Waals surface area contributed by atoms with Crippen molar-refractivity contribution in [1.29, 1.82) is 0 Å². The lowest BCUT2D eigenvalue weighted by atomic mass is 10.0. The highest BCUT2D eigenvalue weighted by Gasteiger charge is 2.37. The van der Waals surface area contributed by atoms with Gasteiger partial charge in [0.1, 0.15) is 6.61 Å². The first-order chi connectivity index (χ1) is 16.9. The number of carbonyl (C=O) groups excluding carboxylic acids is 2. The van der Waals surface area contributed by atoms with Gasteiger partial charge in [-0.25, -0.2) is 4.79 Å². The Bertz CT molecular complexity index is 1310. The van der Waals surface area contributed by atoms with Crippen molar-refractivity contribution in [3.05, 3.63) is 106 Å². The van der Waals surface area contributed by atoms with Gasteiger partial charge < -0.3 is 14.2 Å². The van der Waals surface area contributed by atoms with E-state index in [1.165, 1.54) is 12.0 Å². The molecule has 1 amide bonds. The van der Waals surface area contributed by atoms with E-state index in [-0.39, 0.29) is 17.1 Å². The highest BCUT2D eigenvalue weighted by atomic mass is 16.5. The van der Waals surface area contributed by atoms with Crippen molar-refractivity contribution >= 4 is 23.6 Å². The monoisotopic (exact) mass is 469 g/mol. The van der Waals surface area contributed by atoms with Crippen LogP contribution in [0.4, 0.5) is 5.69 Å². The van der Waals surface area contributed by atoms with Gasteiger partial charge in [-0.1, -0.05) is 54.1 Å². The van der Waals surface area contributed by atoms with Gasteiger partial charge in [0.2, 0.25) is 0 Å². The lowest BCUT2D eigenvalue weighted by molar-refractivity contribution is -0.136. The normalized spacial score (nSPS) is 14.5. The number of allylic oxidation sites excluding steroid dienone is 1. The lowest BCUT2D eigenvalue weighted by Gasteiger charge is -2.18. The zero-order chi connectivity index (χ0) is 24.9. The lowest BCUT2D eigenvalue weighted by Crippen LogP contribution is -2.24. The highest BCUT2D eigenvalue weighted by molar-refractivity contribution is 6.23.